The van der Waals surface area contributed by atoms with Crippen molar-refractivity contribution in [1.29, 1.82) is 0 Å². The third kappa shape index (κ3) is 3.26. The first-order valence-corrected chi connectivity index (χ1v) is 7.74. The van der Waals surface area contributed by atoms with E-state index in [1.807, 2.05) is 24.3 Å². The number of sulfone groups is 1. The molecule has 0 fully saturated rings. The first-order valence-electron chi connectivity index (χ1n) is 5.85. The van der Waals surface area contributed by atoms with Gasteiger partial charge in [-0.3, -0.25) is 0 Å². The highest BCUT2D eigenvalue weighted by atomic mass is 32.2. The summed E-state index contributed by atoms with van der Waals surface area (Å²) in [6, 6.07) is 14.3. The summed E-state index contributed by atoms with van der Waals surface area (Å²) in [6.07, 6.45) is 1.20. The summed E-state index contributed by atoms with van der Waals surface area (Å²) in [5, 5.41) is 3.12. The van der Waals surface area contributed by atoms with Gasteiger partial charge in [0.15, 0.2) is 9.84 Å². The summed E-state index contributed by atoms with van der Waals surface area (Å²) < 4.78 is 23.3. The minimum absolute atomic E-state index is 0.296. The van der Waals surface area contributed by atoms with Gasteiger partial charge in [0.2, 0.25) is 0 Å². The van der Waals surface area contributed by atoms with Crippen LogP contribution >= 0.6 is 0 Å². The van der Waals surface area contributed by atoms with Crippen LogP contribution in [-0.2, 0) is 16.4 Å². The van der Waals surface area contributed by atoms with Crippen LogP contribution in [0.1, 0.15) is 5.56 Å². The number of nitrogens with two attached hydrogens (primary N) is 1. The van der Waals surface area contributed by atoms with Gasteiger partial charge in [-0.1, -0.05) is 30.3 Å². The Balaban J connectivity index is 2.24. The quantitative estimate of drug-likeness (QED) is 0.840. The van der Waals surface area contributed by atoms with Gasteiger partial charge < -0.3 is 11.1 Å². The molecule has 2 rings (SSSR count). The Morgan fingerprint density at radius 3 is 2.37 bits per heavy atom. The first kappa shape index (κ1) is 13.4. The molecular weight excluding hydrogens is 260 g/mol. The summed E-state index contributed by atoms with van der Waals surface area (Å²) in [5.41, 5.74) is 8.06. The predicted molar refractivity (Wildman–Crippen MR) is 77.7 cm³/mol. The summed E-state index contributed by atoms with van der Waals surface area (Å²) >= 11 is 0. The zero-order chi connectivity index (χ0) is 13.9. The Morgan fingerprint density at radius 1 is 1.05 bits per heavy atom. The molecule has 0 aliphatic heterocycles. The highest BCUT2D eigenvalue weighted by Gasteiger charge is 2.12. The molecule has 0 saturated carbocycles. The molecule has 2 aromatic rings. The Morgan fingerprint density at radius 2 is 1.68 bits per heavy atom. The topological polar surface area (TPSA) is 72.2 Å². The van der Waals surface area contributed by atoms with Gasteiger partial charge in [0, 0.05) is 18.5 Å². The molecule has 4 nitrogen and oxygen atoms in total. The fourth-order valence-corrected chi connectivity index (χ4v) is 2.69. The van der Waals surface area contributed by atoms with Crippen molar-refractivity contribution in [2.75, 3.05) is 17.3 Å². The maximum absolute atomic E-state index is 11.7. The highest BCUT2D eigenvalue weighted by Crippen LogP contribution is 2.22. The normalized spacial score (nSPS) is 11.2. The second kappa shape index (κ2) is 5.32. The van der Waals surface area contributed by atoms with Crippen LogP contribution in [0.4, 0.5) is 11.4 Å². The van der Waals surface area contributed by atoms with E-state index in [0.717, 1.165) is 5.56 Å². The SMILES string of the molecule is CS(=O)(=O)c1ccccc1NCc1ccccc1N. The van der Waals surface area contributed by atoms with Crippen molar-refractivity contribution in [2.45, 2.75) is 11.4 Å². The summed E-state index contributed by atoms with van der Waals surface area (Å²) in [7, 11) is -3.24. The Kier molecular flexibility index (Phi) is 3.76. The number of rotatable bonds is 4. The van der Waals surface area contributed by atoms with Gasteiger partial charge in [0.05, 0.1) is 10.6 Å². The number of para-hydroxylation sites is 2. The Labute approximate surface area is 113 Å². The van der Waals surface area contributed by atoms with Gasteiger partial charge in [-0.25, -0.2) is 8.42 Å². The largest absolute Gasteiger partial charge is 0.398 e. The van der Waals surface area contributed by atoms with Crippen LogP contribution in [-0.4, -0.2) is 14.7 Å². The second-order valence-electron chi connectivity index (χ2n) is 4.32. The smallest absolute Gasteiger partial charge is 0.177 e. The maximum Gasteiger partial charge on any atom is 0.177 e. The highest BCUT2D eigenvalue weighted by molar-refractivity contribution is 7.90. The standard InChI is InChI=1S/C14H16N2O2S/c1-19(17,18)14-9-5-4-8-13(14)16-10-11-6-2-3-7-12(11)15/h2-9,16H,10,15H2,1H3. The summed E-state index contributed by atoms with van der Waals surface area (Å²) in [5.74, 6) is 0. The molecule has 100 valence electrons. The van der Waals surface area contributed by atoms with E-state index in [4.69, 9.17) is 5.73 Å². The predicted octanol–water partition coefficient (Wildman–Crippen LogP) is 2.28. The molecule has 0 aliphatic rings. The van der Waals surface area contributed by atoms with Crippen LogP contribution in [0.15, 0.2) is 53.4 Å². The van der Waals surface area contributed by atoms with Crippen LogP contribution in [0.25, 0.3) is 0 Å². The molecule has 0 unspecified atom stereocenters. The van der Waals surface area contributed by atoms with Crippen molar-refractivity contribution in [3.05, 3.63) is 54.1 Å². The first-order chi connectivity index (χ1) is 8.98. The van der Waals surface area contributed by atoms with Crippen LogP contribution < -0.4 is 11.1 Å². The molecule has 5 heteroatoms. The lowest BCUT2D eigenvalue weighted by Crippen LogP contribution is -2.07. The van der Waals surface area contributed by atoms with Crippen molar-refractivity contribution < 1.29 is 8.42 Å². The summed E-state index contributed by atoms with van der Waals surface area (Å²) in [4.78, 5) is 0.296. The molecule has 0 heterocycles. The zero-order valence-electron chi connectivity index (χ0n) is 10.6. The average molecular weight is 276 g/mol. The fraction of sp³-hybridized carbons (Fsp3) is 0.143. The Bertz CT molecular complexity index is 681. The van der Waals surface area contributed by atoms with Crippen LogP contribution in [0, 0.1) is 0 Å². The molecule has 0 bridgehead atoms. The lowest BCUT2D eigenvalue weighted by molar-refractivity contribution is 0.602. The molecule has 3 N–H and O–H groups in total. The molecule has 0 saturated heterocycles. The zero-order valence-corrected chi connectivity index (χ0v) is 11.4. The van der Waals surface area contributed by atoms with Gasteiger partial charge >= 0.3 is 0 Å². The van der Waals surface area contributed by atoms with Crippen molar-refractivity contribution in [1.82, 2.24) is 0 Å². The molecule has 0 atom stereocenters. The lowest BCUT2D eigenvalue weighted by atomic mass is 10.2. The minimum Gasteiger partial charge on any atom is -0.398 e. The molecule has 19 heavy (non-hydrogen) atoms. The van der Waals surface area contributed by atoms with E-state index in [-0.39, 0.29) is 0 Å². The fourth-order valence-electron chi connectivity index (χ4n) is 1.82. The van der Waals surface area contributed by atoms with E-state index >= 15 is 0 Å². The number of hydrogen-bond acceptors (Lipinski definition) is 4. The number of hydrogen-bond donors (Lipinski definition) is 2. The molecule has 0 radical (unpaired) electrons. The van der Waals surface area contributed by atoms with Gasteiger partial charge in [0.1, 0.15) is 0 Å². The molecule has 0 aliphatic carbocycles. The molecule has 2 aromatic carbocycles. The van der Waals surface area contributed by atoms with E-state index in [2.05, 4.69) is 5.32 Å². The number of anilines is 2. The van der Waals surface area contributed by atoms with E-state index in [0.29, 0.717) is 22.8 Å². The summed E-state index contributed by atoms with van der Waals surface area (Å²) in [6.45, 7) is 0.485. The minimum atomic E-state index is -3.24. The van der Waals surface area contributed by atoms with Crippen LogP contribution in [0.5, 0.6) is 0 Å². The molecular formula is C14H16N2O2S. The maximum atomic E-state index is 11.7. The van der Waals surface area contributed by atoms with Crippen LogP contribution in [0.3, 0.4) is 0 Å². The van der Waals surface area contributed by atoms with Crippen molar-refractivity contribution in [2.24, 2.45) is 0 Å². The second-order valence-corrected chi connectivity index (χ2v) is 6.30. The monoisotopic (exact) mass is 276 g/mol. The van der Waals surface area contributed by atoms with Crippen molar-refractivity contribution in [3.8, 4) is 0 Å². The van der Waals surface area contributed by atoms with Crippen molar-refractivity contribution >= 4 is 21.2 Å². The Hall–Kier alpha value is -2.01. The number of benzene rings is 2. The lowest BCUT2D eigenvalue weighted by Gasteiger charge is -2.12. The van der Waals surface area contributed by atoms with Gasteiger partial charge in [0.25, 0.3) is 0 Å². The van der Waals surface area contributed by atoms with Crippen molar-refractivity contribution in [3.63, 3.8) is 0 Å². The third-order valence-corrected chi connectivity index (χ3v) is 3.97. The molecule has 0 amide bonds. The third-order valence-electron chi connectivity index (χ3n) is 2.81. The molecule has 0 aromatic heterocycles. The van der Waals surface area contributed by atoms with E-state index in [1.54, 1.807) is 24.3 Å². The average Bonchev–Trinajstić information content (AvgIpc) is 2.37. The van der Waals surface area contributed by atoms with Crippen LogP contribution in [0.2, 0.25) is 0 Å². The van der Waals surface area contributed by atoms with Gasteiger partial charge in [-0.2, -0.15) is 0 Å². The van der Waals surface area contributed by atoms with E-state index in [1.165, 1.54) is 6.26 Å². The number of nitrogens with one attached hydrogen (secondary N) is 1. The van der Waals surface area contributed by atoms with Gasteiger partial charge in [-0.15, -0.1) is 0 Å². The van der Waals surface area contributed by atoms with Gasteiger partial charge in [-0.05, 0) is 23.8 Å². The van der Waals surface area contributed by atoms with E-state index < -0.39 is 9.84 Å². The molecule has 0 spiro atoms. The van der Waals surface area contributed by atoms with E-state index in [9.17, 15) is 8.42 Å². The number of nitrogen functional groups attached to an aromatic ring is 1.